The van der Waals surface area contributed by atoms with Gasteiger partial charge in [-0.05, 0) is 26.7 Å². The van der Waals surface area contributed by atoms with Crippen LogP contribution >= 0.6 is 0 Å². The van der Waals surface area contributed by atoms with Gasteiger partial charge in [0.25, 0.3) is 0 Å². The molecule has 0 spiro atoms. The Morgan fingerprint density at radius 1 is 1.40 bits per heavy atom. The number of amides is 1. The smallest absolute Gasteiger partial charge is 0.247 e. The van der Waals surface area contributed by atoms with Crippen molar-refractivity contribution in [1.29, 1.82) is 0 Å². The Morgan fingerprint density at radius 3 is 2.35 bits per heavy atom. The van der Waals surface area contributed by atoms with Crippen LogP contribution in [0.5, 0.6) is 0 Å². The maximum Gasteiger partial charge on any atom is 0.247 e. The van der Waals surface area contributed by atoms with Gasteiger partial charge in [-0.1, -0.05) is 32.4 Å². The maximum atomic E-state index is 12.1. The van der Waals surface area contributed by atoms with Gasteiger partial charge in [0.2, 0.25) is 11.6 Å². The largest absolute Gasteiger partial charge is 0.356 e. The van der Waals surface area contributed by atoms with Crippen LogP contribution in [0.15, 0.2) is 23.4 Å². The van der Waals surface area contributed by atoms with Crippen molar-refractivity contribution in [2.45, 2.75) is 48.0 Å². The number of nitrogens with zero attached hydrogens (tertiary/aromatic N) is 1. The molecule has 0 saturated heterocycles. The minimum atomic E-state index is -0.933. The summed E-state index contributed by atoms with van der Waals surface area (Å²) in [7, 11) is 0. The van der Waals surface area contributed by atoms with E-state index in [1.807, 2.05) is 26.8 Å². The lowest BCUT2D eigenvalue weighted by atomic mass is 9.81. The second-order valence-electron chi connectivity index (χ2n) is 5.49. The minimum Gasteiger partial charge on any atom is -0.356 e. The molecule has 0 heterocycles. The summed E-state index contributed by atoms with van der Waals surface area (Å²) in [5, 5.41) is 13.8. The molecule has 5 heteroatoms. The summed E-state index contributed by atoms with van der Waals surface area (Å²) in [6.07, 6.45) is 4.59. The van der Waals surface area contributed by atoms with Gasteiger partial charge >= 0.3 is 0 Å². The first-order valence-corrected chi connectivity index (χ1v) is 7.00. The van der Waals surface area contributed by atoms with Gasteiger partial charge in [-0.15, -0.1) is 0 Å². The number of allylic oxidation sites excluding steroid dienone is 3. The molecule has 0 fully saturated rings. The SMILES string of the molecule is CCNC(=O)C(C)(C)C(/C=C\C(C)CC)=C(/C)[N+](=O)[O-]. The number of carbonyl (C=O) groups excluding carboxylic acids is 1. The van der Waals surface area contributed by atoms with Crippen molar-refractivity contribution in [3.05, 3.63) is 33.5 Å². The highest BCUT2D eigenvalue weighted by Gasteiger charge is 2.35. The minimum absolute atomic E-state index is 0.0146. The molecule has 0 saturated carbocycles. The molecule has 114 valence electrons. The van der Waals surface area contributed by atoms with Gasteiger partial charge in [0.05, 0.1) is 10.3 Å². The lowest BCUT2D eigenvalue weighted by Gasteiger charge is -2.24. The molecule has 1 amide bonds. The molecule has 0 aromatic heterocycles. The van der Waals surface area contributed by atoms with Gasteiger partial charge in [0, 0.05) is 19.0 Å². The topological polar surface area (TPSA) is 72.2 Å². The monoisotopic (exact) mass is 282 g/mol. The highest BCUT2D eigenvalue weighted by atomic mass is 16.6. The summed E-state index contributed by atoms with van der Waals surface area (Å²) in [5.74, 6) is 0.111. The number of nitrogens with one attached hydrogen (secondary N) is 1. The highest BCUT2D eigenvalue weighted by molar-refractivity contribution is 5.85. The summed E-state index contributed by atoms with van der Waals surface area (Å²) in [4.78, 5) is 22.8. The zero-order chi connectivity index (χ0) is 15.9. The summed E-state index contributed by atoms with van der Waals surface area (Å²) in [6, 6.07) is 0. The Hall–Kier alpha value is -1.65. The van der Waals surface area contributed by atoms with Crippen molar-refractivity contribution in [3.63, 3.8) is 0 Å². The first-order valence-electron chi connectivity index (χ1n) is 7.00. The first kappa shape index (κ1) is 18.4. The number of rotatable bonds is 7. The lowest BCUT2D eigenvalue weighted by Crippen LogP contribution is -2.38. The average molecular weight is 282 g/mol. The number of hydrogen-bond acceptors (Lipinski definition) is 3. The Morgan fingerprint density at radius 2 is 1.95 bits per heavy atom. The second kappa shape index (κ2) is 7.82. The van der Waals surface area contributed by atoms with E-state index in [9.17, 15) is 14.9 Å². The molecule has 0 aliphatic rings. The van der Waals surface area contributed by atoms with E-state index in [0.717, 1.165) is 6.42 Å². The van der Waals surface area contributed by atoms with E-state index < -0.39 is 10.3 Å². The first-order chi connectivity index (χ1) is 9.18. The molecule has 1 atom stereocenters. The zero-order valence-electron chi connectivity index (χ0n) is 13.3. The molecular formula is C15H26N2O3. The van der Waals surface area contributed by atoms with Crippen LogP contribution in [-0.2, 0) is 4.79 Å². The van der Waals surface area contributed by atoms with Gasteiger partial charge in [-0.25, -0.2) is 0 Å². The van der Waals surface area contributed by atoms with Crippen LogP contribution in [0, 0.1) is 21.4 Å². The number of hydrogen-bond donors (Lipinski definition) is 1. The molecule has 1 unspecified atom stereocenters. The molecule has 0 aliphatic carbocycles. The molecule has 0 bridgehead atoms. The average Bonchev–Trinajstić information content (AvgIpc) is 2.38. The predicted octanol–water partition coefficient (Wildman–Crippen LogP) is 3.30. The van der Waals surface area contributed by atoms with Gasteiger partial charge < -0.3 is 5.32 Å². The van der Waals surface area contributed by atoms with E-state index in [2.05, 4.69) is 5.32 Å². The zero-order valence-corrected chi connectivity index (χ0v) is 13.3. The van der Waals surface area contributed by atoms with Crippen molar-refractivity contribution in [2.75, 3.05) is 6.54 Å². The third kappa shape index (κ3) is 4.79. The molecule has 20 heavy (non-hydrogen) atoms. The van der Waals surface area contributed by atoms with Crippen molar-refractivity contribution in [3.8, 4) is 0 Å². The fourth-order valence-electron chi connectivity index (χ4n) is 1.78. The molecule has 0 aromatic rings. The summed E-state index contributed by atoms with van der Waals surface area (Å²) in [5.41, 5.74) is -0.466. The Balaban J connectivity index is 5.67. The van der Waals surface area contributed by atoms with E-state index in [4.69, 9.17) is 0 Å². The van der Waals surface area contributed by atoms with Crippen molar-refractivity contribution < 1.29 is 9.72 Å². The van der Waals surface area contributed by atoms with Gasteiger partial charge in [-0.2, -0.15) is 0 Å². The third-order valence-corrected chi connectivity index (χ3v) is 3.48. The molecule has 0 rings (SSSR count). The van der Waals surface area contributed by atoms with E-state index in [-0.39, 0.29) is 11.6 Å². The van der Waals surface area contributed by atoms with Crippen LogP contribution in [0.2, 0.25) is 0 Å². The summed E-state index contributed by atoms with van der Waals surface area (Å²) >= 11 is 0. The molecule has 0 radical (unpaired) electrons. The van der Waals surface area contributed by atoms with Crippen LogP contribution in [0.1, 0.15) is 48.0 Å². The Bertz CT molecular complexity index is 423. The molecule has 0 aromatic carbocycles. The highest BCUT2D eigenvalue weighted by Crippen LogP contribution is 2.31. The van der Waals surface area contributed by atoms with Crippen molar-refractivity contribution >= 4 is 5.91 Å². The van der Waals surface area contributed by atoms with Crippen LogP contribution in [0.3, 0.4) is 0 Å². The molecule has 0 aliphatic heterocycles. The quantitative estimate of drug-likeness (QED) is 0.442. The van der Waals surface area contributed by atoms with Crippen LogP contribution in [0.4, 0.5) is 0 Å². The van der Waals surface area contributed by atoms with Gasteiger partial charge in [0.15, 0.2) is 0 Å². The lowest BCUT2D eigenvalue weighted by molar-refractivity contribution is -0.425. The van der Waals surface area contributed by atoms with Crippen LogP contribution in [-0.4, -0.2) is 17.4 Å². The fraction of sp³-hybridized carbons (Fsp3) is 0.667. The number of nitro groups is 1. The van der Waals surface area contributed by atoms with Crippen LogP contribution in [0.25, 0.3) is 0 Å². The van der Waals surface area contributed by atoms with Crippen molar-refractivity contribution in [2.24, 2.45) is 11.3 Å². The van der Waals surface area contributed by atoms with E-state index in [1.54, 1.807) is 19.9 Å². The Labute approximate surface area is 121 Å². The van der Waals surface area contributed by atoms with E-state index in [0.29, 0.717) is 18.0 Å². The molecule has 5 nitrogen and oxygen atoms in total. The summed E-state index contributed by atoms with van der Waals surface area (Å²) in [6.45, 7) is 11.3. The number of carbonyl (C=O) groups is 1. The van der Waals surface area contributed by atoms with Gasteiger partial charge in [-0.3, -0.25) is 14.9 Å². The van der Waals surface area contributed by atoms with Gasteiger partial charge in [0.1, 0.15) is 0 Å². The Kier molecular flexibility index (Phi) is 7.18. The summed E-state index contributed by atoms with van der Waals surface area (Å²) < 4.78 is 0. The maximum absolute atomic E-state index is 12.1. The standard InChI is InChI=1S/C15H26N2O3/c1-7-11(3)9-10-13(12(4)17(19)20)15(5,6)14(18)16-8-2/h9-11H,7-8H2,1-6H3,(H,16,18)/b10-9-,13-12-. The molecular weight excluding hydrogens is 256 g/mol. The normalized spacial score (nSPS) is 14.9. The van der Waals surface area contributed by atoms with E-state index >= 15 is 0 Å². The molecule has 1 N–H and O–H groups in total. The fourth-order valence-corrected chi connectivity index (χ4v) is 1.78. The second-order valence-corrected chi connectivity index (χ2v) is 5.49. The van der Waals surface area contributed by atoms with E-state index in [1.165, 1.54) is 6.92 Å². The predicted molar refractivity (Wildman–Crippen MR) is 80.8 cm³/mol. The van der Waals surface area contributed by atoms with Crippen molar-refractivity contribution in [1.82, 2.24) is 5.32 Å². The third-order valence-electron chi connectivity index (χ3n) is 3.48. The van der Waals surface area contributed by atoms with Crippen LogP contribution < -0.4 is 5.32 Å².